The van der Waals surface area contributed by atoms with Crippen LogP contribution in [-0.4, -0.2) is 30.2 Å². The second-order valence-electron chi connectivity index (χ2n) is 2.29. The molecule has 1 fully saturated rings. The summed E-state index contributed by atoms with van der Waals surface area (Å²) in [5.74, 6) is 0. The van der Waals surface area contributed by atoms with E-state index in [1.807, 2.05) is 13.8 Å². The second-order valence-corrected chi connectivity index (χ2v) is 2.29. The molecular weight excluding hydrogens is 120 g/mol. The molecule has 0 aromatic heterocycles. The van der Waals surface area contributed by atoms with Crippen LogP contribution >= 0.6 is 0 Å². The first-order chi connectivity index (χ1) is 4.24. The first-order valence-corrected chi connectivity index (χ1v) is 3.16. The molecule has 2 unspecified atom stereocenters. The normalized spacial score (nSPS) is 43.7. The zero-order chi connectivity index (χ0) is 6.85. The van der Waals surface area contributed by atoms with E-state index < -0.39 is 6.29 Å². The van der Waals surface area contributed by atoms with Crippen molar-refractivity contribution in [3.8, 4) is 0 Å². The van der Waals surface area contributed by atoms with Crippen LogP contribution in [0.25, 0.3) is 0 Å². The molecule has 3 heteroatoms. The lowest BCUT2D eigenvalue weighted by Gasteiger charge is -2.02. The van der Waals surface area contributed by atoms with Crippen LogP contribution in [0, 0.1) is 0 Å². The van der Waals surface area contributed by atoms with Crippen LogP contribution in [-0.2, 0) is 9.47 Å². The van der Waals surface area contributed by atoms with E-state index in [0.717, 1.165) is 0 Å². The Morgan fingerprint density at radius 1 is 1.22 bits per heavy atom. The van der Waals surface area contributed by atoms with Crippen molar-refractivity contribution in [2.24, 2.45) is 0 Å². The molecule has 1 aliphatic heterocycles. The van der Waals surface area contributed by atoms with Crippen molar-refractivity contribution < 1.29 is 14.6 Å². The standard InChI is InChI=1S/C6H12O3/c1-4-5(2)9-6(3-7)8-4/h4-7H,3H2,1-2H3/t4-,5?,6?/m1/s1. The third kappa shape index (κ3) is 1.41. The molecule has 0 radical (unpaired) electrons. The van der Waals surface area contributed by atoms with E-state index in [1.165, 1.54) is 0 Å². The molecule has 3 nitrogen and oxygen atoms in total. The van der Waals surface area contributed by atoms with Crippen molar-refractivity contribution >= 4 is 0 Å². The number of aliphatic hydroxyl groups is 1. The lowest BCUT2D eigenvalue weighted by Crippen LogP contribution is -2.13. The molecule has 1 rings (SSSR count). The van der Waals surface area contributed by atoms with Crippen LogP contribution in [0.3, 0.4) is 0 Å². The Labute approximate surface area is 54.6 Å². The summed E-state index contributed by atoms with van der Waals surface area (Å²) in [6.07, 6.45) is -0.167. The molecule has 1 heterocycles. The van der Waals surface area contributed by atoms with Crippen LogP contribution in [0.2, 0.25) is 0 Å². The smallest absolute Gasteiger partial charge is 0.181 e. The van der Waals surface area contributed by atoms with E-state index in [0.29, 0.717) is 0 Å². The van der Waals surface area contributed by atoms with E-state index in [4.69, 9.17) is 14.6 Å². The fraction of sp³-hybridized carbons (Fsp3) is 1.00. The van der Waals surface area contributed by atoms with Gasteiger partial charge in [-0.25, -0.2) is 0 Å². The summed E-state index contributed by atoms with van der Waals surface area (Å²) in [5.41, 5.74) is 0. The van der Waals surface area contributed by atoms with Crippen LogP contribution in [0.1, 0.15) is 13.8 Å². The van der Waals surface area contributed by atoms with Crippen LogP contribution in [0.15, 0.2) is 0 Å². The Morgan fingerprint density at radius 2 is 1.67 bits per heavy atom. The fourth-order valence-electron chi connectivity index (χ4n) is 0.818. The van der Waals surface area contributed by atoms with Gasteiger partial charge in [0.1, 0.15) is 0 Å². The molecule has 1 saturated heterocycles. The van der Waals surface area contributed by atoms with Gasteiger partial charge in [0.25, 0.3) is 0 Å². The highest BCUT2D eigenvalue weighted by Crippen LogP contribution is 2.16. The van der Waals surface area contributed by atoms with Gasteiger partial charge >= 0.3 is 0 Å². The average Bonchev–Trinajstić information content (AvgIpc) is 2.13. The van der Waals surface area contributed by atoms with Gasteiger partial charge in [0.05, 0.1) is 18.8 Å². The summed E-state index contributed by atoms with van der Waals surface area (Å²) >= 11 is 0. The highest BCUT2D eigenvalue weighted by atomic mass is 16.7. The van der Waals surface area contributed by atoms with Crippen LogP contribution < -0.4 is 0 Å². The molecule has 0 aliphatic carbocycles. The third-order valence-corrected chi connectivity index (χ3v) is 1.54. The van der Waals surface area contributed by atoms with Crippen molar-refractivity contribution in [3.05, 3.63) is 0 Å². The van der Waals surface area contributed by atoms with Gasteiger partial charge in [-0.15, -0.1) is 0 Å². The fourth-order valence-corrected chi connectivity index (χ4v) is 0.818. The maximum Gasteiger partial charge on any atom is 0.181 e. The quantitative estimate of drug-likeness (QED) is 0.551. The van der Waals surface area contributed by atoms with Gasteiger partial charge in [-0.2, -0.15) is 0 Å². The molecule has 9 heavy (non-hydrogen) atoms. The summed E-state index contributed by atoms with van der Waals surface area (Å²) in [7, 11) is 0. The number of hydrogen-bond donors (Lipinski definition) is 1. The monoisotopic (exact) mass is 132 g/mol. The van der Waals surface area contributed by atoms with Crippen LogP contribution in [0.5, 0.6) is 0 Å². The zero-order valence-corrected chi connectivity index (χ0v) is 5.70. The topological polar surface area (TPSA) is 38.7 Å². The van der Waals surface area contributed by atoms with Crippen molar-refractivity contribution in [2.75, 3.05) is 6.61 Å². The van der Waals surface area contributed by atoms with Crippen molar-refractivity contribution in [1.82, 2.24) is 0 Å². The average molecular weight is 132 g/mol. The van der Waals surface area contributed by atoms with Gasteiger partial charge in [0.2, 0.25) is 0 Å². The maximum atomic E-state index is 8.55. The van der Waals surface area contributed by atoms with Crippen LogP contribution in [0.4, 0.5) is 0 Å². The SMILES string of the molecule is CC1OC(CO)O[C@@H]1C. The van der Waals surface area contributed by atoms with E-state index in [1.54, 1.807) is 0 Å². The van der Waals surface area contributed by atoms with Gasteiger partial charge in [-0.05, 0) is 13.8 Å². The molecule has 3 atom stereocenters. The Kier molecular flexibility index (Phi) is 2.05. The van der Waals surface area contributed by atoms with Crippen molar-refractivity contribution in [2.45, 2.75) is 32.3 Å². The minimum Gasteiger partial charge on any atom is -0.391 e. The maximum absolute atomic E-state index is 8.55. The summed E-state index contributed by atoms with van der Waals surface area (Å²) in [6.45, 7) is 3.81. The van der Waals surface area contributed by atoms with E-state index in [2.05, 4.69) is 0 Å². The Hall–Kier alpha value is -0.120. The lowest BCUT2D eigenvalue weighted by molar-refractivity contribution is -0.0921. The number of hydrogen-bond acceptors (Lipinski definition) is 3. The zero-order valence-electron chi connectivity index (χ0n) is 5.70. The summed E-state index contributed by atoms with van der Waals surface area (Å²) in [4.78, 5) is 0. The minimum atomic E-state index is -0.394. The highest BCUT2D eigenvalue weighted by Gasteiger charge is 2.28. The molecular formula is C6H12O3. The molecule has 0 aromatic rings. The molecule has 54 valence electrons. The Morgan fingerprint density at radius 3 is 1.89 bits per heavy atom. The predicted molar refractivity (Wildman–Crippen MR) is 32.0 cm³/mol. The number of rotatable bonds is 1. The molecule has 0 aromatic carbocycles. The van der Waals surface area contributed by atoms with Gasteiger partial charge in [0.15, 0.2) is 6.29 Å². The van der Waals surface area contributed by atoms with Crippen molar-refractivity contribution in [1.29, 1.82) is 0 Å². The lowest BCUT2D eigenvalue weighted by atomic mass is 10.3. The number of ether oxygens (including phenoxy) is 2. The van der Waals surface area contributed by atoms with Gasteiger partial charge in [-0.1, -0.05) is 0 Å². The van der Waals surface area contributed by atoms with E-state index >= 15 is 0 Å². The predicted octanol–water partition coefficient (Wildman–Crippen LogP) is 0.129. The molecule has 0 saturated carbocycles. The van der Waals surface area contributed by atoms with Gasteiger partial charge in [-0.3, -0.25) is 0 Å². The summed E-state index contributed by atoms with van der Waals surface area (Å²) < 4.78 is 10.3. The van der Waals surface area contributed by atoms with Crippen molar-refractivity contribution in [3.63, 3.8) is 0 Å². The summed E-state index contributed by atoms with van der Waals surface area (Å²) in [6, 6.07) is 0. The number of aliphatic hydroxyl groups excluding tert-OH is 1. The molecule has 1 aliphatic rings. The third-order valence-electron chi connectivity index (χ3n) is 1.54. The minimum absolute atomic E-state index is 0.0469. The van der Waals surface area contributed by atoms with Gasteiger partial charge < -0.3 is 14.6 Å². The first kappa shape index (κ1) is 6.99. The largest absolute Gasteiger partial charge is 0.391 e. The highest BCUT2D eigenvalue weighted by molar-refractivity contribution is 4.68. The molecule has 0 spiro atoms. The Balaban J connectivity index is 2.35. The Bertz CT molecular complexity index is 84.3. The van der Waals surface area contributed by atoms with E-state index in [-0.39, 0.29) is 18.8 Å². The van der Waals surface area contributed by atoms with Gasteiger partial charge in [0, 0.05) is 0 Å². The second kappa shape index (κ2) is 2.64. The van der Waals surface area contributed by atoms with E-state index in [9.17, 15) is 0 Å². The molecule has 0 amide bonds. The summed E-state index contributed by atoms with van der Waals surface area (Å²) in [5, 5.41) is 8.55. The molecule has 0 bridgehead atoms. The molecule has 1 N–H and O–H groups in total. The first-order valence-electron chi connectivity index (χ1n) is 3.16.